The second-order valence-electron chi connectivity index (χ2n) is 8.32. The minimum absolute atomic E-state index is 0.0604. The molecule has 1 heterocycles. The van der Waals surface area contributed by atoms with Crippen LogP contribution in [0.1, 0.15) is 40.4 Å². The largest absolute Gasteiger partial charge is 0.496 e. The minimum atomic E-state index is -0.775. The van der Waals surface area contributed by atoms with Crippen molar-refractivity contribution in [2.75, 3.05) is 39.1 Å². The van der Waals surface area contributed by atoms with Crippen LogP contribution in [0.4, 0.5) is 10.5 Å². The van der Waals surface area contributed by atoms with Gasteiger partial charge in [-0.3, -0.25) is 9.69 Å². The lowest BCUT2D eigenvalue weighted by molar-refractivity contribution is 0.0700. The van der Waals surface area contributed by atoms with Crippen molar-refractivity contribution in [3.05, 3.63) is 58.1 Å². The molecule has 1 aliphatic rings. The number of likely N-dealkylation sites (tertiary alicyclic amines) is 1. The van der Waals surface area contributed by atoms with Crippen LogP contribution in [-0.4, -0.2) is 50.3 Å². The molecule has 3 rings (SSSR count). The molecular weight excluding hydrogens is 444 g/mol. The molecule has 2 amide bonds. The Balaban J connectivity index is 1.58. The van der Waals surface area contributed by atoms with E-state index in [1.54, 1.807) is 6.07 Å². The molecule has 5 N–H and O–H groups in total. The Kier molecular flexibility index (Phi) is 8.41. The maximum absolute atomic E-state index is 12.7. The minimum Gasteiger partial charge on any atom is -0.496 e. The quantitative estimate of drug-likeness (QED) is 0.503. The Morgan fingerprint density at radius 2 is 1.88 bits per heavy atom. The molecule has 1 aliphatic heterocycles. The number of methoxy groups -OCH3 is 1. The van der Waals surface area contributed by atoms with Crippen LogP contribution in [0, 0.1) is 12.8 Å². The van der Waals surface area contributed by atoms with E-state index in [1.807, 2.05) is 19.1 Å². The predicted octanol–water partition coefficient (Wildman–Crippen LogP) is 3.52. The summed E-state index contributed by atoms with van der Waals surface area (Å²) >= 11 is 6.08. The van der Waals surface area contributed by atoms with Crippen molar-refractivity contribution < 1.29 is 19.1 Å². The number of nitrogens with two attached hydrogens (primary N) is 2. The van der Waals surface area contributed by atoms with Crippen molar-refractivity contribution in [1.82, 2.24) is 10.2 Å². The summed E-state index contributed by atoms with van der Waals surface area (Å²) in [6, 6.07) is 11.2. The number of nitrogens with one attached hydrogen (secondary N) is 1. The maximum Gasteiger partial charge on any atom is 0.404 e. The van der Waals surface area contributed by atoms with Gasteiger partial charge in [0.2, 0.25) is 0 Å². The van der Waals surface area contributed by atoms with Gasteiger partial charge < -0.3 is 26.3 Å². The Morgan fingerprint density at radius 1 is 1.21 bits per heavy atom. The third kappa shape index (κ3) is 6.52. The Hall–Kier alpha value is -2.97. The van der Waals surface area contributed by atoms with E-state index in [1.165, 1.54) is 18.7 Å². The molecule has 0 bridgehead atoms. The summed E-state index contributed by atoms with van der Waals surface area (Å²) in [6.07, 6.45) is 1.03. The van der Waals surface area contributed by atoms with Crippen molar-refractivity contribution in [1.29, 1.82) is 0 Å². The Bertz CT molecular complexity index is 975. The van der Waals surface area contributed by atoms with Gasteiger partial charge in [-0.25, -0.2) is 4.79 Å². The standard InChI is InChI=1S/C24H31ClN4O4/c1-15-3-5-17(6-4-15)21(14-33-24(27)31)29-9-7-16(8-10-29)13-28-23(30)18-11-19(25)20(26)12-22(18)32-2/h3-6,11-12,16,21H,7-10,13-14,26H2,1-2H3,(H2,27,31)(H,28,30). The zero-order valence-corrected chi connectivity index (χ0v) is 19.7. The van der Waals surface area contributed by atoms with E-state index in [2.05, 4.69) is 22.3 Å². The van der Waals surface area contributed by atoms with Crippen molar-refractivity contribution in [3.8, 4) is 5.75 Å². The van der Waals surface area contributed by atoms with Crippen LogP contribution in [0.25, 0.3) is 0 Å². The lowest BCUT2D eigenvalue weighted by atomic mass is 9.94. The zero-order chi connectivity index (χ0) is 24.0. The van der Waals surface area contributed by atoms with Crippen LogP contribution in [0.15, 0.2) is 36.4 Å². The highest BCUT2D eigenvalue weighted by atomic mass is 35.5. The maximum atomic E-state index is 12.7. The summed E-state index contributed by atoms with van der Waals surface area (Å²) in [6.45, 7) is 4.42. The number of rotatable bonds is 8. The molecule has 9 heteroatoms. The molecule has 0 aliphatic carbocycles. The smallest absolute Gasteiger partial charge is 0.404 e. The van der Waals surface area contributed by atoms with Gasteiger partial charge in [-0.1, -0.05) is 41.4 Å². The highest BCUT2D eigenvalue weighted by Crippen LogP contribution is 2.30. The number of hydrogen-bond acceptors (Lipinski definition) is 6. The van der Waals surface area contributed by atoms with Crippen LogP contribution in [0.5, 0.6) is 5.75 Å². The lowest BCUT2D eigenvalue weighted by Gasteiger charge is -2.37. The van der Waals surface area contributed by atoms with Gasteiger partial charge in [0, 0.05) is 12.6 Å². The topological polar surface area (TPSA) is 120 Å². The molecule has 2 aromatic carbocycles. The first kappa shape index (κ1) is 24.7. The van der Waals surface area contributed by atoms with Crippen LogP contribution < -0.4 is 21.5 Å². The number of anilines is 1. The second-order valence-corrected chi connectivity index (χ2v) is 8.73. The number of amides is 2. The molecule has 1 saturated heterocycles. The van der Waals surface area contributed by atoms with Gasteiger partial charge in [0.15, 0.2) is 0 Å². The Labute approximate surface area is 199 Å². The number of nitrogens with zero attached hydrogens (tertiary/aromatic N) is 1. The zero-order valence-electron chi connectivity index (χ0n) is 19.0. The summed E-state index contributed by atoms with van der Waals surface area (Å²) in [5.41, 5.74) is 14.0. The van der Waals surface area contributed by atoms with E-state index in [9.17, 15) is 9.59 Å². The van der Waals surface area contributed by atoms with Crippen LogP contribution >= 0.6 is 11.6 Å². The number of nitrogen functional groups attached to an aromatic ring is 1. The number of ether oxygens (including phenoxy) is 2. The van der Waals surface area contributed by atoms with E-state index in [0.717, 1.165) is 31.5 Å². The van der Waals surface area contributed by atoms with E-state index in [4.69, 9.17) is 32.5 Å². The predicted molar refractivity (Wildman–Crippen MR) is 129 cm³/mol. The number of benzene rings is 2. The molecule has 178 valence electrons. The van der Waals surface area contributed by atoms with Crippen molar-refractivity contribution in [2.24, 2.45) is 11.7 Å². The van der Waals surface area contributed by atoms with Gasteiger partial charge >= 0.3 is 6.09 Å². The number of carbonyl (C=O) groups is 2. The summed E-state index contributed by atoms with van der Waals surface area (Å²) in [7, 11) is 1.49. The van der Waals surface area contributed by atoms with Gasteiger partial charge in [0.25, 0.3) is 5.91 Å². The van der Waals surface area contributed by atoms with Gasteiger partial charge in [-0.05, 0) is 50.4 Å². The second kappa shape index (κ2) is 11.2. The normalized spacial score (nSPS) is 15.6. The molecule has 0 saturated carbocycles. The molecular formula is C24H31ClN4O4. The number of aryl methyl sites for hydroxylation is 1. The van der Waals surface area contributed by atoms with Gasteiger partial charge in [-0.15, -0.1) is 0 Å². The molecule has 1 fully saturated rings. The summed E-state index contributed by atoms with van der Waals surface area (Å²) in [5, 5.41) is 3.30. The lowest BCUT2D eigenvalue weighted by Crippen LogP contribution is -2.42. The highest BCUT2D eigenvalue weighted by Gasteiger charge is 2.27. The Morgan fingerprint density at radius 3 is 2.48 bits per heavy atom. The van der Waals surface area contributed by atoms with E-state index >= 15 is 0 Å². The van der Waals surface area contributed by atoms with Gasteiger partial charge in [0.05, 0.1) is 29.4 Å². The SMILES string of the molecule is COc1cc(N)c(Cl)cc1C(=O)NCC1CCN(C(COC(N)=O)c2ccc(C)cc2)CC1. The van der Waals surface area contributed by atoms with Gasteiger partial charge in [0.1, 0.15) is 12.4 Å². The van der Waals surface area contributed by atoms with E-state index in [0.29, 0.717) is 34.5 Å². The number of piperidine rings is 1. The van der Waals surface area contributed by atoms with E-state index < -0.39 is 6.09 Å². The van der Waals surface area contributed by atoms with Crippen LogP contribution in [0.3, 0.4) is 0 Å². The first-order chi connectivity index (χ1) is 15.8. The summed E-state index contributed by atoms with van der Waals surface area (Å²) in [5.74, 6) is 0.472. The fourth-order valence-electron chi connectivity index (χ4n) is 4.08. The van der Waals surface area contributed by atoms with Crippen molar-refractivity contribution in [3.63, 3.8) is 0 Å². The van der Waals surface area contributed by atoms with Crippen molar-refractivity contribution in [2.45, 2.75) is 25.8 Å². The number of primary amides is 1. The molecule has 0 spiro atoms. The molecule has 1 unspecified atom stereocenters. The summed E-state index contributed by atoms with van der Waals surface area (Å²) in [4.78, 5) is 26.2. The molecule has 1 atom stereocenters. The third-order valence-electron chi connectivity index (χ3n) is 6.05. The number of hydrogen-bond donors (Lipinski definition) is 3. The number of carbonyl (C=O) groups excluding carboxylic acids is 2. The van der Waals surface area contributed by atoms with Crippen LogP contribution in [-0.2, 0) is 4.74 Å². The molecule has 0 aromatic heterocycles. The third-order valence-corrected chi connectivity index (χ3v) is 6.38. The fraction of sp³-hybridized carbons (Fsp3) is 0.417. The van der Waals surface area contributed by atoms with Gasteiger partial charge in [-0.2, -0.15) is 0 Å². The monoisotopic (exact) mass is 474 g/mol. The molecule has 2 aromatic rings. The average Bonchev–Trinajstić information content (AvgIpc) is 2.80. The molecule has 8 nitrogen and oxygen atoms in total. The molecule has 33 heavy (non-hydrogen) atoms. The number of halogens is 1. The highest BCUT2D eigenvalue weighted by molar-refractivity contribution is 6.33. The van der Waals surface area contributed by atoms with Crippen LogP contribution in [0.2, 0.25) is 5.02 Å². The van der Waals surface area contributed by atoms with E-state index in [-0.39, 0.29) is 18.6 Å². The first-order valence-electron chi connectivity index (χ1n) is 10.9. The fourth-order valence-corrected chi connectivity index (χ4v) is 4.24. The van der Waals surface area contributed by atoms with Crippen molar-refractivity contribution >= 4 is 29.3 Å². The first-order valence-corrected chi connectivity index (χ1v) is 11.3. The summed E-state index contributed by atoms with van der Waals surface area (Å²) < 4.78 is 10.4. The average molecular weight is 475 g/mol. The molecule has 0 radical (unpaired) electrons.